The number of hydrogen-bond acceptors (Lipinski definition) is 5. The Bertz CT molecular complexity index is 796. The first-order chi connectivity index (χ1) is 10.7. The van der Waals surface area contributed by atoms with Crippen LogP contribution in [-0.2, 0) is 6.54 Å². The minimum absolute atomic E-state index is 0.276. The van der Waals surface area contributed by atoms with Crippen molar-refractivity contribution in [2.45, 2.75) is 13.5 Å². The summed E-state index contributed by atoms with van der Waals surface area (Å²) < 4.78 is 5.61. The fourth-order valence-corrected chi connectivity index (χ4v) is 2.70. The molecule has 0 aliphatic heterocycles. The third-order valence-corrected chi connectivity index (χ3v) is 4.04. The molecule has 1 aromatic carbocycles. The Morgan fingerprint density at radius 2 is 2.09 bits per heavy atom. The molecule has 0 saturated carbocycles. The molecule has 1 amide bonds. The quantitative estimate of drug-likeness (QED) is 0.794. The molecular weight excluding hydrogens is 322 g/mol. The predicted octanol–water partition coefficient (Wildman–Crippen LogP) is 3.33. The van der Waals surface area contributed by atoms with Gasteiger partial charge >= 0.3 is 0 Å². The van der Waals surface area contributed by atoms with Gasteiger partial charge in [-0.1, -0.05) is 28.2 Å². The maximum Gasteiger partial charge on any atom is 0.278 e. The SMILES string of the molecule is CCn1ccc(NC(=O)c2nnsc2-c2ccc(Cl)cc2)n1. The Morgan fingerprint density at radius 1 is 1.32 bits per heavy atom. The highest BCUT2D eigenvalue weighted by atomic mass is 35.5. The van der Waals surface area contributed by atoms with Gasteiger partial charge in [0.05, 0.1) is 4.88 Å². The monoisotopic (exact) mass is 333 g/mol. The molecular formula is C14H12ClN5OS. The number of nitrogens with zero attached hydrogens (tertiary/aromatic N) is 4. The van der Waals surface area contributed by atoms with E-state index in [4.69, 9.17) is 11.6 Å². The summed E-state index contributed by atoms with van der Waals surface area (Å²) in [5.74, 6) is 0.155. The average Bonchev–Trinajstić information content (AvgIpc) is 3.16. The van der Waals surface area contributed by atoms with Crippen molar-refractivity contribution in [3.05, 3.63) is 47.2 Å². The number of carbonyl (C=O) groups is 1. The molecule has 2 aromatic heterocycles. The van der Waals surface area contributed by atoms with Gasteiger partial charge in [-0.15, -0.1) is 5.10 Å². The third kappa shape index (κ3) is 3.00. The summed E-state index contributed by atoms with van der Waals surface area (Å²) in [5, 5.41) is 11.5. The molecule has 0 spiro atoms. The van der Waals surface area contributed by atoms with Crippen molar-refractivity contribution in [2.24, 2.45) is 0 Å². The summed E-state index contributed by atoms with van der Waals surface area (Å²) in [6, 6.07) is 8.94. The number of amides is 1. The van der Waals surface area contributed by atoms with Crippen molar-refractivity contribution in [2.75, 3.05) is 5.32 Å². The maximum absolute atomic E-state index is 12.4. The number of rotatable bonds is 4. The first-order valence-electron chi connectivity index (χ1n) is 6.60. The van der Waals surface area contributed by atoms with Crippen LogP contribution in [0.2, 0.25) is 5.02 Å². The average molecular weight is 334 g/mol. The van der Waals surface area contributed by atoms with Crippen molar-refractivity contribution in [3.63, 3.8) is 0 Å². The van der Waals surface area contributed by atoms with Gasteiger partial charge in [0, 0.05) is 23.8 Å². The molecule has 8 heteroatoms. The summed E-state index contributed by atoms with van der Waals surface area (Å²) in [7, 11) is 0. The Kier molecular flexibility index (Phi) is 4.17. The maximum atomic E-state index is 12.4. The van der Waals surface area contributed by atoms with Gasteiger partial charge < -0.3 is 5.32 Å². The van der Waals surface area contributed by atoms with Gasteiger partial charge in [-0.25, -0.2) is 0 Å². The lowest BCUT2D eigenvalue weighted by atomic mass is 10.1. The van der Waals surface area contributed by atoms with Gasteiger partial charge in [0.1, 0.15) is 0 Å². The fraction of sp³-hybridized carbons (Fsp3) is 0.143. The molecule has 1 N–H and O–H groups in total. The van der Waals surface area contributed by atoms with Crippen molar-refractivity contribution >= 4 is 34.9 Å². The van der Waals surface area contributed by atoms with Crippen LogP contribution in [0.25, 0.3) is 10.4 Å². The molecule has 0 radical (unpaired) electrons. The van der Waals surface area contributed by atoms with Crippen LogP contribution in [0.4, 0.5) is 5.82 Å². The predicted molar refractivity (Wildman–Crippen MR) is 86.2 cm³/mol. The Hall–Kier alpha value is -2.25. The molecule has 0 aliphatic rings. The van der Waals surface area contributed by atoms with E-state index in [2.05, 4.69) is 20.0 Å². The summed E-state index contributed by atoms with van der Waals surface area (Å²) in [6.45, 7) is 2.71. The van der Waals surface area contributed by atoms with Crippen molar-refractivity contribution in [3.8, 4) is 10.4 Å². The number of aromatic nitrogens is 4. The molecule has 0 saturated heterocycles. The van der Waals surface area contributed by atoms with Crippen LogP contribution in [0.1, 0.15) is 17.4 Å². The van der Waals surface area contributed by atoms with E-state index in [1.807, 2.05) is 19.1 Å². The first-order valence-corrected chi connectivity index (χ1v) is 7.75. The number of aryl methyl sites for hydroxylation is 1. The highest BCUT2D eigenvalue weighted by molar-refractivity contribution is 7.09. The summed E-state index contributed by atoms with van der Waals surface area (Å²) in [4.78, 5) is 13.0. The number of benzene rings is 1. The molecule has 3 aromatic rings. The smallest absolute Gasteiger partial charge is 0.278 e. The number of halogens is 1. The van der Waals surface area contributed by atoms with E-state index in [1.54, 1.807) is 29.1 Å². The summed E-state index contributed by atoms with van der Waals surface area (Å²) >= 11 is 7.05. The Morgan fingerprint density at radius 3 is 2.77 bits per heavy atom. The Balaban J connectivity index is 1.84. The lowest BCUT2D eigenvalue weighted by Gasteiger charge is -2.02. The van der Waals surface area contributed by atoms with E-state index in [9.17, 15) is 4.79 Å². The van der Waals surface area contributed by atoms with Crippen LogP contribution in [0, 0.1) is 0 Å². The zero-order chi connectivity index (χ0) is 15.5. The van der Waals surface area contributed by atoms with Crippen LogP contribution < -0.4 is 5.32 Å². The normalized spacial score (nSPS) is 10.6. The molecule has 0 aliphatic carbocycles. The van der Waals surface area contributed by atoms with Crippen LogP contribution >= 0.6 is 23.1 Å². The Labute approximate surface area is 135 Å². The lowest BCUT2D eigenvalue weighted by molar-refractivity contribution is 0.102. The van der Waals surface area contributed by atoms with Crippen molar-refractivity contribution in [1.82, 2.24) is 19.4 Å². The van der Waals surface area contributed by atoms with E-state index in [0.29, 0.717) is 15.7 Å². The number of hydrogen-bond donors (Lipinski definition) is 1. The fourth-order valence-electron chi connectivity index (χ4n) is 1.91. The van der Waals surface area contributed by atoms with E-state index in [0.717, 1.165) is 12.1 Å². The summed E-state index contributed by atoms with van der Waals surface area (Å²) in [5.41, 5.74) is 1.13. The topological polar surface area (TPSA) is 72.7 Å². The number of nitrogens with one attached hydrogen (secondary N) is 1. The molecule has 0 bridgehead atoms. The third-order valence-electron chi connectivity index (χ3n) is 3.02. The zero-order valence-electron chi connectivity index (χ0n) is 11.7. The van der Waals surface area contributed by atoms with Gasteiger partial charge in [-0.05, 0) is 36.2 Å². The number of carbonyl (C=O) groups excluding carboxylic acids is 1. The summed E-state index contributed by atoms with van der Waals surface area (Å²) in [6.07, 6.45) is 1.80. The van der Waals surface area contributed by atoms with Crippen LogP contribution in [0.5, 0.6) is 0 Å². The standard InChI is InChI=1S/C14H12ClN5OS/c1-2-20-8-7-11(18-20)16-14(21)12-13(22-19-17-12)9-3-5-10(15)6-4-9/h3-8H,2H2,1H3,(H,16,18,21). The molecule has 22 heavy (non-hydrogen) atoms. The van der Waals surface area contributed by atoms with E-state index in [1.165, 1.54) is 11.5 Å². The zero-order valence-corrected chi connectivity index (χ0v) is 13.2. The molecule has 2 heterocycles. The van der Waals surface area contributed by atoms with Gasteiger partial charge in [-0.2, -0.15) is 5.10 Å². The molecule has 6 nitrogen and oxygen atoms in total. The second-order valence-corrected chi connectivity index (χ2v) is 5.66. The van der Waals surface area contributed by atoms with E-state index >= 15 is 0 Å². The van der Waals surface area contributed by atoms with Gasteiger partial charge in [-0.3, -0.25) is 9.48 Å². The molecule has 0 fully saturated rings. The second-order valence-electron chi connectivity index (χ2n) is 4.47. The van der Waals surface area contributed by atoms with Crippen molar-refractivity contribution < 1.29 is 4.79 Å². The highest BCUT2D eigenvalue weighted by Gasteiger charge is 2.18. The van der Waals surface area contributed by atoms with Gasteiger partial charge in [0.15, 0.2) is 11.5 Å². The first kappa shape index (κ1) is 14.7. The lowest BCUT2D eigenvalue weighted by Crippen LogP contribution is -2.14. The minimum Gasteiger partial charge on any atom is -0.304 e. The minimum atomic E-state index is -0.333. The number of anilines is 1. The molecule has 0 unspecified atom stereocenters. The van der Waals surface area contributed by atoms with Crippen molar-refractivity contribution in [1.29, 1.82) is 0 Å². The molecule has 0 atom stereocenters. The van der Waals surface area contributed by atoms with Gasteiger partial charge in [0.2, 0.25) is 0 Å². The van der Waals surface area contributed by atoms with Crippen LogP contribution in [0.15, 0.2) is 36.5 Å². The van der Waals surface area contributed by atoms with Gasteiger partial charge in [0.25, 0.3) is 5.91 Å². The largest absolute Gasteiger partial charge is 0.304 e. The van der Waals surface area contributed by atoms with E-state index in [-0.39, 0.29) is 11.6 Å². The molecule has 112 valence electrons. The molecule has 3 rings (SSSR count). The highest BCUT2D eigenvalue weighted by Crippen LogP contribution is 2.27. The second kappa shape index (κ2) is 6.25. The van der Waals surface area contributed by atoms with Crippen LogP contribution in [-0.4, -0.2) is 25.3 Å². The van der Waals surface area contributed by atoms with E-state index < -0.39 is 0 Å². The van der Waals surface area contributed by atoms with Crippen LogP contribution in [0.3, 0.4) is 0 Å².